The Morgan fingerprint density at radius 1 is 1.18 bits per heavy atom. The van der Waals surface area contributed by atoms with E-state index in [-0.39, 0.29) is 29.4 Å². The van der Waals surface area contributed by atoms with Gasteiger partial charge in [0.2, 0.25) is 5.82 Å². The van der Waals surface area contributed by atoms with E-state index >= 15 is 0 Å². The van der Waals surface area contributed by atoms with E-state index in [2.05, 4.69) is 25.9 Å². The van der Waals surface area contributed by atoms with Crippen LogP contribution in [0.3, 0.4) is 0 Å². The number of hydrogen-bond donors (Lipinski definition) is 0. The van der Waals surface area contributed by atoms with Crippen molar-refractivity contribution in [1.29, 1.82) is 10.5 Å². The number of piperidine rings is 1. The topological polar surface area (TPSA) is 104 Å². The Morgan fingerprint density at radius 2 is 1.94 bits per heavy atom. The van der Waals surface area contributed by atoms with Crippen LogP contribution < -0.4 is 4.74 Å². The highest BCUT2D eigenvalue weighted by molar-refractivity contribution is 5.88. The Kier molecular flexibility index (Phi) is 6.66. The second-order valence-electron chi connectivity index (χ2n) is 8.26. The van der Waals surface area contributed by atoms with Crippen LogP contribution in [0.4, 0.5) is 13.2 Å². The lowest BCUT2D eigenvalue weighted by molar-refractivity contribution is -0.138. The Labute approximate surface area is 194 Å². The van der Waals surface area contributed by atoms with Gasteiger partial charge in [0.15, 0.2) is 5.65 Å². The summed E-state index contributed by atoms with van der Waals surface area (Å²) in [4.78, 5) is 14.5. The molecule has 1 aliphatic rings. The standard InChI is InChI=1S/C23H22F3N7O/c1-32-14-29-21-20(30-19(13-28)31-22(21)32)16-2-3-18(17(12-16)23(24,25)26)34-11-6-15-4-8-33(9-5-15)10-7-27/h2-3,12,14-15H,4-6,8-11H2,1H3. The normalized spacial score (nSPS) is 15.2. The number of aryl methyl sites for hydroxylation is 1. The summed E-state index contributed by atoms with van der Waals surface area (Å²) >= 11 is 0. The molecule has 1 aliphatic heterocycles. The van der Waals surface area contributed by atoms with Gasteiger partial charge < -0.3 is 9.30 Å². The number of nitrogens with zero attached hydrogens (tertiary/aromatic N) is 7. The number of halogens is 3. The van der Waals surface area contributed by atoms with Crippen molar-refractivity contribution < 1.29 is 17.9 Å². The van der Waals surface area contributed by atoms with Gasteiger partial charge in [0, 0.05) is 12.6 Å². The van der Waals surface area contributed by atoms with Gasteiger partial charge in [0.05, 0.1) is 31.1 Å². The van der Waals surface area contributed by atoms with Gasteiger partial charge in [-0.2, -0.15) is 28.7 Å². The lowest BCUT2D eigenvalue weighted by atomic mass is 9.94. The van der Waals surface area contributed by atoms with E-state index < -0.39 is 11.7 Å². The summed E-state index contributed by atoms with van der Waals surface area (Å²) in [6, 6.07) is 7.74. The summed E-state index contributed by atoms with van der Waals surface area (Å²) in [7, 11) is 1.68. The third-order valence-corrected chi connectivity index (χ3v) is 6.00. The van der Waals surface area contributed by atoms with Crippen molar-refractivity contribution in [3.05, 3.63) is 35.9 Å². The maximum absolute atomic E-state index is 13.9. The molecule has 1 saturated heterocycles. The van der Waals surface area contributed by atoms with Gasteiger partial charge in [-0.05, 0) is 56.5 Å². The first-order valence-corrected chi connectivity index (χ1v) is 10.8. The van der Waals surface area contributed by atoms with Crippen molar-refractivity contribution in [2.24, 2.45) is 13.0 Å². The summed E-state index contributed by atoms with van der Waals surface area (Å²) in [5, 5.41) is 18.0. The van der Waals surface area contributed by atoms with E-state index in [0.29, 0.717) is 30.0 Å². The summed E-state index contributed by atoms with van der Waals surface area (Å²) in [6.45, 7) is 2.19. The van der Waals surface area contributed by atoms with Crippen LogP contribution >= 0.6 is 0 Å². The molecule has 8 nitrogen and oxygen atoms in total. The number of rotatable bonds is 6. The molecule has 1 aromatic carbocycles. The van der Waals surface area contributed by atoms with E-state index in [9.17, 15) is 18.4 Å². The van der Waals surface area contributed by atoms with Crippen molar-refractivity contribution in [3.63, 3.8) is 0 Å². The predicted molar refractivity (Wildman–Crippen MR) is 116 cm³/mol. The van der Waals surface area contributed by atoms with Crippen LogP contribution in [0.1, 0.15) is 30.7 Å². The first kappa shape index (κ1) is 23.5. The van der Waals surface area contributed by atoms with Crippen molar-refractivity contribution in [3.8, 4) is 29.1 Å². The quantitative estimate of drug-likeness (QED) is 0.504. The van der Waals surface area contributed by atoms with Crippen molar-refractivity contribution in [1.82, 2.24) is 24.4 Å². The molecular weight excluding hydrogens is 447 g/mol. The van der Waals surface area contributed by atoms with E-state index in [1.54, 1.807) is 11.6 Å². The number of benzene rings is 1. The minimum atomic E-state index is -4.64. The molecule has 0 spiro atoms. The molecule has 3 heterocycles. The number of alkyl halides is 3. The fourth-order valence-electron chi connectivity index (χ4n) is 4.15. The molecular formula is C23H22F3N7O. The van der Waals surface area contributed by atoms with Crippen LogP contribution in [-0.2, 0) is 13.2 Å². The number of likely N-dealkylation sites (tertiary alicyclic amines) is 1. The minimum absolute atomic E-state index is 0.152. The van der Waals surface area contributed by atoms with E-state index in [0.717, 1.165) is 32.0 Å². The molecule has 3 aromatic rings. The monoisotopic (exact) mass is 469 g/mol. The van der Waals surface area contributed by atoms with Gasteiger partial charge in [0.25, 0.3) is 0 Å². The van der Waals surface area contributed by atoms with Crippen LogP contribution in [-0.4, -0.2) is 50.7 Å². The lowest BCUT2D eigenvalue weighted by Crippen LogP contribution is -2.34. The SMILES string of the molecule is Cn1cnc2c(-c3ccc(OCCC4CCN(CC#N)CC4)c(C(F)(F)F)c3)nc(C#N)nc21. The maximum atomic E-state index is 13.9. The van der Waals surface area contributed by atoms with Gasteiger partial charge in [-0.25, -0.2) is 9.97 Å². The second-order valence-corrected chi connectivity index (χ2v) is 8.26. The number of hydrogen-bond acceptors (Lipinski definition) is 7. The van der Waals surface area contributed by atoms with Crippen molar-refractivity contribution in [2.45, 2.75) is 25.4 Å². The van der Waals surface area contributed by atoms with E-state index in [1.807, 2.05) is 6.07 Å². The zero-order chi connectivity index (χ0) is 24.3. The zero-order valence-corrected chi connectivity index (χ0v) is 18.5. The van der Waals surface area contributed by atoms with Crippen molar-refractivity contribution >= 4 is 11.2 Å². The zero-order valence-electron chi connectivity index (χ0n) is 18.5. The number of fused-ring (bicyclic) bond motifs is 1. The average Bonchev–Trinajstić information content (AvgIpc) is 3.20. The number of aromatic nitrogens is 4. The molecule has 11 heteroatoms. The van der Waals surface area contributed by atoms with Crippen LogP contribution in [0.5, 0.6) is 5.75 Å². The highest BCUT2D eigenvalue weighted by Crippen LogP contribution is 2.39. The first-order valence-electron chi connectivity index (χ1n) is 10.8. The molecule has 0 atom stereocenters. The summed E-state index contributed by atoms with van der Waals surface area (Å²) in [5.74, 6) is -0.0443. The molecule has 0 N–H and O–H groups in total. The maximum Gasteiger partial charge on any atom is 0.419 e. The molecule has 0 amide bonds. The summed E-state index contributed by atoms with van der Waals surface area (Å²) < 4.78 is 48.8. The van der Waals surface area contributed by atoms with Gasteiger partial charge in [-0.15, -0.1) is 0 Å². The molecule has 0 radical (unpaired) electrons. The van der Waals surface area contributed by atoms with Gasteiger partial charge in [-0.1, -0.05) is 0 Å². The molecule has 1 fully saturated rings. The Hall–Kier alpha value is -3.70. The Morgan fingerprint density at radius 3 is 2.62 bits per heavy atom. The van der Waals surface area contributed by atoms with Gasteiger partial charge in [0.1, 0.15) is 23.0 Å². The predicted octanol–water partition coefficient (Wildman–Crippen LogP) is 3.93. The molecule has 0 bridgehead atoms. The van der Waals surface area contributed by atoms with Gasteiger partial charge >= 0.3 is 6.18 Å². The Bertz CT molecular complexity index is 1260. The number of imidazole rings is 1. The van der Waals surface area contributed by atoms with Crippen LogP contribution in [0.25, 0.3) is 22.4 Å². The summed E-state index contributed by atoms with van der Waals surface area (Å²) in [6.07, 6.45) is -0.735. The lowest BCUT2D eigenvalue weighted by Gasteiger charge is -2.30. The smallest absolute Gasteiger partial charge is 0.419 e. The molecule has 34 heavy (non-hydrogen) atoms. The van der Waals surface area contributed by atoms with Gasteiger partial charge in [-0.3, -0.25) is 4.90 Å². The minimum Gasteiger partial charge on any atom is -0.493 e. The van der Waals surface area contributed by atoms with Crippen LogP contribution in [0.2, 0.25) is 0 Å². The van der Waals surface area contributed by atoms with E-state index in [1.165, 1.54) is 18.5 Å². The van der Waals surface area contributed by atoms with Crippen LogP contribution in [0, 0.1) is 28.6 Å². The third-order valence-electron chi connectivity index (χ3n) is 6.00. The third kappa shape index (κ3) is 4.95. The summed E-state index contributed by atoms with van der Waals surface area (Å²) in [5.41, 5.74) is 0.0906. The fraction of sp³-hybridized carbons (Fsp3) is 0.435. The first-order chi connectivity index (χ1) is 16.3. The number of ether oxygens (including phenoxy) is 1. The fourth-order valence-corrected chi connectivity index (χ4v) is 4.15. The Balaban J connectivity index is 1.55. The molecule has 0 unspecified atom stereocenters. The highest BCUT2D eigenvalue weighted by atomic mass is 19.4. The average molecular weight is 469 g/mol. The second kappa shape index (κ2) is 9.65. The largest absolute Gasteiger partial charge is 0.493 e. The van der Waals surface area contributed by atoms with Crippen LogP contribution in [0.15, 0.2) is 24.5 Å². The molecule has 0 saturated carbocycles. The number of nitriles is 2. The van der Waals surface area contributed by atoms with E-state index in [4.69, 9.17) is 10.00 Å². The molecule has 2 aromatic heterocycles. The molecule has 176 valence electrons. The van der Waals surface area contributed by atoms with Crippen molar-refractivity contribution in [2.75, 3.05) is 26.2 Å². The molecule has 0 aliphatic carbocycles. The molecule has 4 rings (SSSR count). The highest BCUT2D eigenvalue weighted by Gasteiger charge is 2.35.